The summed E-state index contributed by atoms with van der Waals surface area (Å²) < 4.78 is 5.18. The zero-order valence-electron chi connectivity index (χ0n) is 15.2. The lowest BCUT2D eigenvalue weighted by molar-refractivity contribution is -0.131. The van der Waals surface area contributed by atoms with Gasteiger partial charge in [0.25, 0.3) is 0 Å². The maximum absolute atomic E-state index is 12.3. The smallest absolute Gasteiger partial charge is 0.248 e. The second-order valence-electron chi connectivity index (χ2n) is 6.22. The third kappa shape index (κ3) is 4.92. The number of amides is 2. The molecule has 2 amide bonds. The highest BCUT2D eigenvalue weighted by Gasteiger charge is 2.22. The Bertz CT molecular complexity index is 825. The number of halogens is 1. The minimum atomic E-state index is -0.269. The van der Waals surface area contributed by atoms with Gasteiger partial charge in [0.15, 0.2) is 0 Å². The van der Waals surface area contributed by atoms with E-state index in [-0.39, 0.29) is 11.8 Å². The molecular weight excluding hydrogens is 366 g/mol. The van der Waals surface area contributed by atoms with Crippen LogP contribution in [0.1, 0.15) is 19.1 Å². The van der Waals surface area contributed by atoms with Crippen molar-refractivity contribution in [2.75, 3.05) is 36.4 Å². The molecule has 1 fully saturated rings. The van der Waals surface area contributed by atoms with E-state index >= 15 is 0 Å². The molecule has 2 heterocycles. The topological polar surface area (TPSA) is 65.8 Å². The van der Waals surface area contributed by atoms with Crippen molar-refractivity contribution in [1.29, 1.82) is 0 Å². The Hall–Kier alpha value is -2.73. The number of nitrogens with zero attached hydrogens (tertiary/aromatic N) is 2. The van der Waals surface area contributed by atoms with Crippen molar-refractivity contribution in [3.8, 4) is 0 Å². The molecule has 0 spiro atoms. The molecule has 2 aromatic rings. The first kappa shape index (κ1) is 19.0. The van der Waals surface area contributed by atoms with Gasteiger partial charge in [-0.2, -0.15) is 0 Å². The average molecular weight is 388 g/mol. The molecule has 0 radical (unpaired) electrons. The minimum Gasteiger partial charge on any atom is -0.465 e. The number of benzene rings is 1. The van der Waals surface area contributed by atoms with E-state index in [9.17, 15) is 9.59 Å². The molecular formula is C20H22ClN3O3. The summed E-state index contributed by atoms with van der Waals surface area (Å²) in [5.41, 5.74) is 1.54. The molecule has 1 saturated heterocycles. The molecule has 1 aromatic carbocycles. The predicted octanol–water partition coefficient (Wildman–Crippen LogP) is 3.64. The first-order valence-electron chi connectivity index (χ1n) is 8.91. The highest BCUT2D eigenvalue weighted by molar-refractivity contribution is 6.31. The highest BCUT2D eigenvalue weighted by Crippen LogP contribution is 2.30. The van der Waals surface area contributed by atoms with Crippen LogP contribution in [0.25, 0.3) is 6.08 Å². The molecule has 1 aliphatic heterocycles. The van der Waals surface area contributed by atoms with Crippen LogP contribution < -0.4 is 10.2 Å². The monoisotopic (exact) mass is 387 g/mol. The van der Waals surface area contributed by atoms with E-state index in [2.05, 4.69) is 10.2 Å². The number of carbonyl (C=O) groups is 2. The second kappa shape index (κ2) is 8.77. The van der Waals surface area contributed by atoms with E-state index in [1.54, 1.807) is 36.6 Å². The van der Waals surface area contributed by atoms with Gasteiger partial charge < -0.3 is 19.5 Å². The van der Waals surface area contributed by atoms with Gasteiger partial charge in [0, 0.05) is 43.7 Å². The van der Waals surface area contributed by atoms with E-state index in [1.165, 1.54) is 6.08 Å². The first-order chi connectivity index (χ1) is 13.1. The lowest BCUT2D eigenvalue weighted by Gasteiger charge is -2.37. The van der Waals surface area contributed by atoms with E-state index in [1.807, 2.05) is 17.9 Å². The van der Waals surface area contributed by atoms with Crippen molar-refractivity contribution in [2.24, 2.45) is 0 Å². The summed E-state index contributed by atoms with van der Waals surface area (Å²) in [6.45, 7) is 4.62. The minimum absolute atomic E-state index is 0.169. The summed E-state index contributed by atoms with van der Waals surface area (Å²) in [4.78, 5) is 28.2. The summed E-state index contributed by atoms with van der Waals surface area (Å²) in [6, 6.07) is 8.96. The van der Waals surface area contributed by atoms with Crippen LogP contribution in [0, 0.1) is 0 Å². The van der Waals surface area contributed by atoms with Gasteiger partial charge >= 0.3 is 0 Å². The van der Waals surface area contributed by atoms with Crippen molar-refractivity contribution in [3.05, 3.63) is 53.5 Å². The predicted molar refractivity (Wildman–Crippen MR) is 107 cm³/mol. The summed E-state index contributed by atoms with van der Waals surface area (Å²) in [5, 5.41) is 3.43. The van der Waals surface area contributed by atoms with Gasteiger partial charge in [-0.15, -0.1) is 0 Å². The van der Waals surface area contributed by atoms with Gasteiger partial charge in [0.05, 0.1) is 17.6 Å². The first-order valence-corrected chi connectivity index (χ1v) is 9.29. The quantitative estimate of drug-likeness (QED) is 0.795. The summed E-state index contributed by atoms with van der Waals surface area (Å²) in [6.07, 6.45) is 5.09. The number of hydrogen-bond acceptors (Lipinski definition) is 4. The van der Waals surface area contributed by atoms with Crippen LogP contribution in [0.3, 0.4) is 0 Å². The lowest BCUT2D eigenvalue weighted by atomic mass is 10.2. The Labute approximate surface area is 163 Å². The highest BCUT2D eigenvalue weighted by atomic mass is 35.5. The summed E-state index contributed by atoms with van der Waals surface area (Å²) in [7, 11) is 0. The van der Waals surface area contributed by atoms with E-state index in [4.69, 9.17) is 16.0 Å². The number of hydrogen-bond donors (Lipinski definition) is 1. The Morgan fingerprint density at radius 3 is 2.67 bits per heavy atom. The normalized spacial score (nSPS) is 14.6. The molecule has 0 atom stereocenters. The van der Waals surface area contributed by atoms with Gasteiger partial charge in [-0.3, -0.25) is 9.59 Å². The number of anilines is 2. The summed E-state index contributed by atoms with van der Waals surface area (Å²) in [5.74, 6) is 0.505. The number of piperazine rings is 1. The largest absolute Gasteiger partial charge is 0.465 e. The average Bonchev–Trinajstić information content (AvgIpc) is 3.20. The van der Waals surface area contributed by atoms with Crippen LogP contribution in [-0.2, 0) is 9.59 Å². The molecule has 142 valence electrons. The number of nitrogens with one attached hydrogen (secondary N) is 1. The Morgan fingerprint density at radius 1 is 1.22 bits per heavy atom. The summed E-state index contributed by atoms with van der Waals surface area (Å²) >= 11 is 6.13. The SMILES string of the molecule is CCC(=O)N1CCN(c2ccc(Cl)cc2NC(=O)/C=C/c2ccco2)CC1. The van der Waals surface area contributed by atoms with Gasteiger partial charge in [-0.25, -0.2) is 0 Å². The van der Waals surface area contributed by atoms with Crippen molar-refractivity contribution in [2.45, 2.75) is 13.3 Å². The fourth-order valence-electron chi connectivity index (χ4n) is 3.02. The molecule has 0 aliphatic carbocycles. The maximum Gasteiger partial charge on any atom is 0.248 e. The van der Waals surface area contributed by atoms with E-state index < -0.39 is 0 Å². The third-order valence-electron chi connectivity index (χ3n) is 4.43. The van der Waals surface area contributed by atoms with E-state index in [0.717, 1.165) is 5.69 Å². The van der Waals surface area contributed by atoms with Gasteiger partial charge in [-0.05, 0) is 36.4 Å². The number of furan rings is 1. The molecule has 1 aromatic heterocycles. The van der Waals surface area contributed by atoms with Crippen molar-refractivity contribution < 1.29 is 14.0 Å². The van der Waals surface area contributed by atoms with Gasteiger partial charge in [0.1, 0.15) is 5.76 Å². The fourth-order valence-corrected chi connectivity index (χ4v) is 3.19. The molecule has 0 saturated carbocycles. The van der Waals surface area contributed by atoms with Crippen LogP contribution in [0.4, 0.5) is 11.4 Å². The van der Waals surface area contributed by atoms with Gasteiger partial charge in [-0.1, -0.05) is 18.5 Å². The zero-order valence-corrected chi connectivity index (χ0v) is 15.9. The van der Waals surface area contributed by atoms with Crippen LogP contribution >= 0.6 is 11.6 Å². The standard InChI is InChI=1S/C20H22ClN3O3/c1-2-20(26)24-11-9-23(10-12-24)18-7-5-15(21)14-17(18)22-19(25)8-6-16-4-3-13-27-16/h3-8,13-14H,2,9-12H2,1H3,(H,22,25)/b8-6+. The van der Waals surface area contributed by atoms with Crippen molar-refractivity contribution in [3.63, 3.8) is 0 Å². The lowest BCUT2D eigenvalue weighted by Crippen LogP contribution is -2.48. The molecule has 7 heteroatoms. The Morgan fingerprint density at radius 2 is 2.00 bits per heavy atom. The van der Waals surface area contributed by atoms with Crippen LogP contribution in [-0.4, -0.2) is 42.9 Å². The number of carbonyl (C=O) groups excluding carboxylic acids is 2. The molecule has 3 rings (SSSR count). The molecule has 1 aliphatic rings. The maximum atomic E-state index is 12.3. The van der Waals surface area contributed by atoms with Crippen molar-refractivity contribution >= 4 is 40.9 Å². The van der Waals surface area contributed by atoms with Crippen LogP contribution in [0.2, 0.25) is 5.02 Å². The molecule has 6 nitrogen and oxygen atoms in total. The van der Waals surface area contributed by atoms with Crippen molar-refractivity contribution in [1.82, 2.24) is 4.90 Å². The van der Waals surface area contributed by atoms with Crippen LogP contribution in [0.15, 0.2) is 47.1 Å². The molecule has 1 N–H and O–H groups in total. The third-order valence-corrected chi connectivity index (χ3v) is 4.67. The second-order valence-corrected chi connectivity index (χ2v) is 6.66. The van der Waals surface area contributed by atoms with E-state index in [0.29, 0.717) is 49.1 Å². The molecule has 27 heavy (non-hydrogen) atoms. The Balaban J connectivity index is 1.70. The molecule has 0 unspecified atom stereocenters. The molecule has 0 bridgehead atoms. The van der Waals surface area contributed by atoms with Gasteiger partial charge in [0.2, 0.25) is 11.8 Å². The van der Waals surface area contributed by atoms with Crippen LogP contribution in [0.5, 0.6) is 0 Å². The number of rotatable bonds is 5. The zero-order chi connectivity index (χ0) is 19.2. The fraction of sp³-hybridized carbons (Fsp3) is 0.300. The Kier molecular flexibility index (Phi) is 6.19.